The highest BCUT2D eigenvalue weighted by molar-refractivity contribution is 5.96. The number of benzene rings is 1. The van der Waals surface area contributed by atoms with Crippen LogP contribution in [0.3, 0.4) is 0 Å². The molecule has 0 unspecified atom stereocenters. The van der Waals surface area contributed by atoms with Gasteiger partial charge in [0.2, 0.25) is 0 Å². The standard InChI is InChI=1S/C16H21N3O5/c1-3-9(2)14(16(21)22)18-12-7-4-10(8-13(12)19(23)24)15(20)17-11-5-6-11/h4,7-9,11,14,18H,3,5-6H2,1-2H3,(H,17,20)(H,21,22)/t9-,14-/m0/s1. The van der Waals surface area contributed by atoms with Gasteiger partial charge in [-0.1, -0.05) is 20.3 Å². The second-order valence-corrected chi connectivity index (χ2v) is 6.08. The lowest BCUT2D eigenvalue weighted by atomic mass is 9.98. The summed E-state index contributed by atoms with van der Waals surface area (Å²) in [6.07, 6.45) is 2.45. The van der Waals surface area contributed by atoms with Crippen molar-refractivity contribution >= 4 is 23.3 Å². The van der Waals surface area contributed by atoms with Gasteiger partial charge in [-0.2, -0.15) is 0 Å². The van der Waals surface area contributed by atoms with Crippen molar-refractivity contribution in [2.45, 2.75) is 45.2 Å². The predicted molar refractivity (Wildman–Crippen MR) is 88.1 cm³/mol. The maximum atomic E-state index is 12.0. The van der Waals surface area contributed by atoms with Gasteiger partial charge in [0, 0.05) is 17.7 Å². The fourth-order valence-electron chi connectivity index (χ4n) is 2.29. The molecule has 2 rings (SSSR count). The molecule has 1 amide bonds. The molecule has 24 heavy (non-hydrogen) atoms. The van der Waals surface area contributed by atoms with Crippen molar-refractivity contribution in [3.63, 3.8) is 0 Å². The molecule has 130 valence electrons. The molecule has 8 heteroatoms. The van der Waals surface area contributed by atoms with Crippen molar-refractivity contribution in [1.82, 2.24) is 5.32 Å². The van der Waals surface area contributed by atoms with E-state index in [9.17, 15) is 24.8 Å². The third kappa shape index (κ3) is 4.21. The number of amides is 1. The first-order valence-electron chi connectivity index (χ1n) is 7.92. The lowest BCUT2D eigenvalue weighted by Crippen LogP contribution is -2.35. The first kappa shape index (κ1) is 17.7. The van der Waals surface area contributed by atoms with Crippen molar-refractivity contribution in [2.24, 2.45) is 5.92 Å². The van der Waals surface area contributed by atoms with Gasteiger partial charge in [0.15, 0.2) is 0 Å². The molecule has 3 N–H and O–H groups in total. The highest BCUT2D eigenvalue weighted by Gasteiger charge is 2.28. The van der Waals surface area contributed by atoms with Crippen LogP contribution in [0.1, 0.15) is 43.5 Å². The quantitative estimate of drug-likeness (QED) is 0.495. The number of nitro groups is 1. The zero-order valence-electron chi connectivity index (χ0n) is 13.6. The maximum Gasteiger partial charge on any atom is 0.326 e. The minimum Gasteiger partial charge on any atom is -0.480 e. The van der Waals surface area contributed by atoms with E-state index < -0.39 is 16.9 Å². The summed E-state index contributed by atoms with van der Waals surface area (Å²) < 4.78 is 0. The Labute approximate surface area is 139 Å². The van der Waals surface area contributed by atoms with E-state index in [1.807, 2.05) is 6.92 Å². The van der Waals surface area contributed by atoms with Gasteiger partial charge < -0.3 is 15.7 Å². The molecule has 0 aliphatic heterocycles. The first-order chi connectivity index (χ1) is 11.3. The summed E-state index contributed by atoms with van der Waals surface area (Å²) >= 11 is 0. The van der Waals surface area contributed by atoms with Crippen LogP contribution in [0.5, 0.6) is 0 Å². The van der Waals surface area contributed by atoms with Gasteiger partial charge >= 0.3 is 5.97 Å². The fraction of sp³-hybridized carbons (Fsp3) is 0.500. The Hall–Kier alpha value is -2.64. The summed E-state index contributed by atoms with van der Waals surface area (Å²) in [5.74, 6) is -1.64. The Balaban J connectivity index is 2.26. The normalized spacial score (nSPS) is 16.1. The van der Waals surface area contributed by atoms with E-state index in [0.717, 1.165) is 12.8 Å². The molecular weight excluding hydrogens is 314 g/mol. The molecule has 1 saturated carbocycles. The average Bonchev–Trinajstić information content (AvgIpc) is 3.35. The molecule has 0 saturated heterocycles. The third-order valence-corrected chi connectivity index (χ3v) is 4.16. The topological polar surface area (TPSA) is 122 Å². The number of nitro benzene ring substituents is 1. The monoisotopic (exact) mass is 335 g/mol. The largest absolute Gasteiger partial charge is 0.480 e. The highest BCUT2D eigenvalue weighted by Crippen LogP contribution is 2.28. The number of carbonyl (C=O) groups excluding carboxylic acids is 1. The molecular formula is C16H21N3O5. The Kier molecular flexibility index (Phi) is 5.38. The Morgan fingerprint density at radius 3 is 2.58 bits per heavy atom. The van der Waals surface area contributed by atoms with Crippen LogP contribution in [0.15, 0.2) is 18.2 Å². The Morgan fingerprint density at radius 1 is 1.42 bits per heavy atom. The summed E-state index contributed by atoms with van der Waals surface area (Å²) in [5, 5.41) is 26.1. The van der Waals surface area contributed by atoms with Gasteiger partial charge in [0.1, 0.15) is 11.7 Å². The number of hydrogen-bond donors (Lipinski definition) is 3. The molecule has 1 aromatic rings. The summed E-state index contributed by atoms with van der Waals surface area (Å²) in [5.41, 5.74) is -0.0294. The van der Waals surface area contributed by atoms with Crippen LogP contribution in [-0.2, 0) is 4.79 Å². The number of rotatable bonds is 8. The van der Waals surface area contributed by atoms with Crippen molar-refractivity contribution in [2.75, 3.05) is 5.32 Å². The number of hydrogen-bond acceptors (Lipinski definition) is 5. The number of anilines is 1. The zero-order chi connectivity index (χ0) is 17.9. The Morgan fingerprint density at radius 2 is 2.08 bits per heavy atom. The number of nitrogens with zero attached hydrogens (tertiary/aromatic N) is 1. The molecule has 1 aliphatic carbocycles. The summed E-state index contributed by atoms with van der Waals surface area (Å²) in [7, 11) is 0. The predicted octanol–water partition coefficient (Wildman–Crippen LogP) is 2.40. The van der Waals surface area contributed by atoms with Gasteiger partial charge in [-0.3, -0.25) is 14.9 Å². The van der Waals surface area contributed by atoms with Gasteiger partial charge in [0.05, 0.1) is 4.92 Å². The molecule has 0 radical (unpaired) electrons. The van der Waals surface area contributed by atoms with E-state index >= 15 is 0 Å². The van der Waals surface area contributed by atoms with Gasteiger partial charge in [-0.25, -0.2) is 4.79 Å². The van der Waals surface area contributed by atoms with Crippen LogP contribution in [0.25, 0.3) is 0 Å². The van der Waals surface area contributed by atoms with E-state index in [2.05, 4.69) is 10.6 Å². The van der Waals surface area contributed by atoms with Crippen molar-refractivity contribution in [3.8, 4) is 0 Å². The van der Waals surface area contributed by atoms with E-state index in [4.69, 9.17) is 0 Å². The molecule has 0 spiro atoms. The number of carbonyl (C=O) groups is 2. The van der Waals surface area contributed by atoms with E-state index in [1.165, 1.54) is 18.2 Å². The molecule has 2 atom stereocenters. The van der Waals surface area contributed by atoms with Crippen LogP contribution in [0.4, 0.5) is 11.4 Å². The third-order valence-electron chi connectivity index (χ3n) is 4.16. The molecule has 0 aromatic heterocycles. The minimum atomic E-state index is -1.07. The average molecular weight is 335 g/mol. The molecule has 1 fully saturated rings. The van der Waals surface area contributed by atoms with E-state index in [1.54, 1.807) is 6.92 Å². The molecule has 8 nitrogen and oxygen atoms in total. The Bertz CT molecular complexity index is 657. The second-order valence-electron chi connectivity index (χ2n) is 6.08. The van der Waals surface area contributed by atoms with Crippen molar-refractivity contribution in [1.29, 1.82) is 0 Å². The van der Waals surface area contributed by atoms with Crippen molar-refractivity contribution in [3.05, 3.63) is 33.9 Å². The van der Waals surface area contributed by atoms with Crippen LogP contribution in [0.2, 0.25) is 0 Å². The summed E-state index contributed by atoms with van der Waals surface area (Å²) in [4.78, 5) is 34.1. The number of aliphatic carboxylic acids is 1. The zero-order valence-corrected chi connectivity index (χ0v) is 13.6. The fourth-order valence-corrected chi connectivity index (χ4v) is 2.29. The second kappa shape index (κ2) is 7.29. The van der Waals surface area contributed by atoms with Crippen LogP contribution >= 0.6 is 0 Å². The number of nitrogens with one attached hydrogen (secondary N) is 2. The van der Waals surface area contributed by atoms with E-state index in [0.29, 0.717) is 6.42 Å². The van der Waals surface area contributed by atoms with Crippen LogP contribution in [0, 0.1) is 16.0 Å². The summed E-state index contributed by atoms with van der Waals surface area (Å²) in [6, 6.07) is 3.23. The van der Waals surface area contributed by atoms with Gasteiger partial charge in [-0.05, 0) is 30.9 Å². The smallest absolute Gasteiger partial charge is 0.326 e. The lowest BCUT2D eigenvalue weighted by molar-refractivity contribution is -0.384. The van der Waals surface area contributed by atoms with Gasteiger partial charge in [0.25, 0.3) is 11.6 Å². The first-order valence-corrected chi connectivity index (χ1v) is 7.92. The van der Waals surface area contributed by atoms with Crippen LogP contribution in [-0.4, -0.2) is 34.0 Å². The molecule has 1 aromatic carbocycles. The lowest BCUT2D eigenvalue weighted by Gasteiger charge is -2.21. The number of carboxylic acids is 1. The molecule has 0 heterocycles. The van der Waals surface area contributed by atoms with Gasteiger partial charge in [-0.15, -0.1) is 0 Å². The SMILES string of the molecule is CC[C@H](C)[C@H](Nc1ccc(C(=O)NC2CC2)cc1[N+](=O)[O-])C(=O)O. The highest BCUT2D eigenvalue weighted by atomic mass is 16.6. The number of carboxylic acid groups (broad SMARTS) is 1. The molecule has 1 aliphatic rings. The van der Waals surface area contributed by atoms with Crippen LogP contribution < -0.4 is 10.6 Å². The summed E-state index contributed by atoms with van der Waals surface area (Å²) in [6.45, 7) is 3.61. The van der Waals surface area contributed by atoms with Crippen molar-refractivity contribution < 1.29 is 19.6 Å². The van der Waals surface area contributed by atoms with E-state index in [-0.39, 0.29) is 34.8 Å². The molecule has 0 bridgehead atoms. The maximum absolute atomic E-state index is 12.0. The minimum absolute atomic E-state index is 0.0932.